The molecule has 32 heavy (non-hydrogen) atoms. The Kier molecular flexibility index (Phi) is 5.99. The zero-order valence-electron chi connectivity index (χ0n) is 18.3. The van der Waals surface area contributed by atoms with Gasteiger partial charge in [-0.15, -0.1) is 0 Å². The summed E-state index contributed by atoms with van der Waals surface area (Å²) >= 11 is 0. The molecule has 0 spiro atoms. The number of rotatable bonds is 8. The number of Topliss-reactive ketones (excluding diaryl/α,β-unsaturated/α-hetero) is 1. The van der Waals surface area contributed by atoms with Gasteiger partial charge < -0.3 is 19.8 Å². The molecule has 0 atom stereocenters. The molecule has 0 bridgehead atoms. The zero-order chi connectivity index (χ0) is 22.8. The van der Waals surface area contributed by atoms with Crippen molar-refractivity contribution in [3.63, 3.8) is 0 Å². The number of primary amides is 1. The van der Waals surface area contributed by atoms with Crippen LogP contribution in [-0.2, 0) is 40.1 Å². The number of ketones is 1. The second-order valence-electron chi connectivity index (χ2n) is 7.89. The van der Waals surface area contributed by atoms with Crippen LogP contribution in [0.2, 0.25) is 0 Å². The molecule has 4 rings (SSSR count). The quantitative estimate of drug-likeness (QED) is 0.334. The van der Waals surface area contributed by atoms with Crippen LogP contribution in [0.5, 0.6) is 5.75 Å². The predicted molar refractivity (Wildman–Crippen MR) is 120 cm³/mol. The number of aromatic nitrogens is 1. The third-order valence-electron chi connectivity index (χ3n) is 6.01. The number of benzene rings is 2. The first-order valence-corrected chi connectivity index (χ1v) is 10.7. The maximum absolute atomic E-state index is 13.0. The van der Waals surface area contributed by atoms with Crippen molar-refractivity contribution >= 4 is 28.6 Å². The Labute approximate surface area is 186 Å². The van der Waals surface area contributed by atoms with Gasteiger partial charge in [0.15, 0.2) is 6.61 Å². The molecule has 1 aliphatic rings. The minimum atomic E-state index is -1.02. The average molecular weight is 434 g/mol. The topological polar surface area (TPSA) is 101 Å². The van der Waals surface area contributed by atoms with Crippen LogP contribution in [0.4, 0.5) is 0 Å². The van der Waals surface area contributed by atoms with Gasteiger partial charge in [0, 0.05) is 12.2 Å². The molecule has 1 heterocycles. The molecule has 0 saturated heterocycles. The van der Waals surface area contributed by atoms with Gasteiger partial charge in [-0.3, -0.25) is 9.59 Å². The number of methoxy groups -OCH3 is 1. The summed E-state index contributed by atoms with van der Waals surface area (Å²) in [7, 11) is 1.29. The number of carbonyl (C=O) groups excluding carboxylic acids is 3. The van der Waals surface area contributed by atoms with Gasteiger partial charge in [0.25, 0.3) is 11.7 Å². The molecular formula is C25H26N2O5. The molecule has 0 saturated carbocycles. The standard InChI is InChI=1S/C25H26N2O5/c1-3-18-21(24(29)25(26)30)22-19(32-14-20(28)31-2)12-16-10-7-11-17(16)23(22)27(18)13-15-8-5-4-6-9-15/h4-6,8-9,12H,3,7,10-11,13-14H2,1-2H3,(H2,26,30). The average Bonchev–Trinajstić information content (AvgIpc) is 3.39. The maximum atomic E-state index is 13.0. The Morgan fingerprint density at radius 2 is 1.88 bits per heavy atom. The van der Waals surface area contributed by atoms with E-state index in [1.54, 1.807) is 0 Å². The SMILES string of the molecule is CCc1c(C(=O)C(N)=O)c2c(OCC(=O)OC)cc3c(c2n1Cc1ccccc1)CCC3. The number of carbonyl (C=O) groups is 3. The largest absolute Gasteiger partial charge is 0.481 e. The fourth-order valence-corrected chi connectivity index (χ4v) is 4.63. The van der Waals surface area contributed by atoms with Crippen LogP contribution in [0, 0.1) is 0 Å². The van der Waals surface area contributed by atoms with Gasteiger partial charge in [-0.25, -0.2) is 4.79 Å². The molecule has 2 aromatic carbocycles. The van der Waals surface area contributed by atoms with Crippen LogP contribution in [-0.4, -0.2) is 35.9 Å². The van der Waals surface area contributed by atoms with E-state index in [2.05, 4.69) is 4.57 Å². The van der Waals surface area contributed by atoms with Gasteiger partial charge in [-0.05, 0) is 48.4 Å². The predicted octanol–water partition coefficient (Wildman–Crippen LogP) is 2.96. The minimum absolute atomic E-state index is 0.264. The molecule has 0 unspecified atom stereocenters. The number of esters is 1. The summed E-state index contributed by atoms with van der Waals surface area (Å²) in [5.41, 5.74) is 10.7. The minimum Gasteiger partial charge on any atom is -0.481 e. The van der Waals surface area contributed by atoms with Crippen molar-refractivity contribution < 1.29 is 23.9 Å². The van der Waals surface area contributed by atoms with Crippen LogP contribution in [0.15, 0.2) is 36.4 Å². The summed E-state index contributed by atoms with van der Waals surface area (Å²) in [5.74, 6) is -1.89. The third kappa shape index (κ3) is 3.75. The van der Waals surface area contributed by atoms with Gasteiger partial charge in [0.1, 0.15) is 5.75 Å². The van der Waals surface area contributed by atoms with E-state index in [1.807, 2.05) is 43.3 Å². The lowest BCUT2D eigenvalue weighted by Crippen LogP contribution is -2.24. The highest BCUT2D eigenvalue weighted by atomic mass is 16.6. The normalized spacial score (nSPS) is 12.6. The Morgan fingerprint density at radius 3 is 2.53 bits per heavy atom. The zero-order valence-corrected chi connectivity index (χ0v) is 18.3. The Bertz CT molecular complexity index is 1210. The number of amides is 1. The molecule has 1 aromatic heterocycles. The summed E-state index contributed by atoms with van der Waals surface area (Å²) in [5, 5.41) is 0.547. The van der Waals surface area contributed by atoms with Crippen molar-refractivity contribution in [2.75, 3.05) is 13.7 Å². The third-order valence-corrected chi connectivity index (χ3v) is 6.01. The molecule has 0 fully saturated rings. The highest BCUT2D eigenvalue weighted by molar-refractivity contribution is 6.45. The lowest BCUT2D eigenvalue weighted by atomic mass is 9.99. The van der Waals surface area contributed by atoms with Crippen LogP contribution < -0.4 is 10.5 Å². The number of nitrogens with zero attached hydrogens (tertiary/aromatic N) is 1. The van der Waals surface area contributed by atoms with E-state index in [9.17, 15) is 14.4 Å². The molecule has 0 aliphatic heterocycles. The molecule has 0 radical (unpaired) electrons. The van der Waals surface area contributed by atoms with Gasteiger partial charge in [-0.1, -0.05) is 37.3 Å². The van der Waals surface area contributed by atoms with E-state index < -0.39 is 17.7 Å². The summed E-state index contributed by atoms with van der Waals surface area (Å²) in [6, 6.07) is 11.8. The van der Waals surface area contributed by atoms with E-state index in [0.29, 0.717) is 24.1 Å². The summed E-state index contributed by atoms with van der Waals surface area (Å²) in [6.45, 7) is 2.20. The van der Waals surface area contributed by atoms with E-state index in [1.165, 1.54) is 7.11 Å². The van der Waals surface area contributed by atoms with E-state index in [-0.39, 0.29) is 12.2 Å². The monoisotopic (exact) mass is 434 g/mol. The molecular weight excluding hydrogens is 408 g/mol. The van der Waals surface area contributed by atoms with Crippen LogP contribution >= 0.6 is 0 Å². The fourth-order valence-electron chi connectivity index (χ4n) is 4.63. The molecule has 1 aliphatic carbocycles. The van der Waals surface area contributed by atoms with Gasteiger partial charge in [-0.2, -0.15) is 0 Å². The molecule has 2 N–H and O–H groups in total. The number of fused-ring (bicyclic) bond motifs is 3. The molecule has 7 heteroatoms. The van der Waals surface area contributed by atoms with Crippen molar-refractivity contribution in [1.29, 1.82) is 0 Å². The van der Waals surface area contributed by atoms with Gasteiger partial charge >= 0.3 is 5.97 Å². The molecule has 166 valence electrons. The van der Waals surface area contributed by atoms with Crippen LogP contribution in [0.3, 0.4) is 0 Å². The van der Waals surface area contributed by atoms with Crippen LogP contribution in [0.25, 0.3) is 10.9 Å². The number of hydrogen-bond acceptors (Lipinski definition) is 5. The second kappa shape index (κ2) is 8.86. The Balaban J connectivity index is 2.03. The summed E-state index contributed by atoms with van der Waals surface area (Å²) in [6.07, 6.45) is 3.27. The van der Waals surface area contributed by atoms with Crippen molar-refractivity contribution in [2.45, 2.75) is 39.2 Å². The van der Waals surface area contributed by atoms with Crippen LogP contribution in [0.1, 0.15) is 46.1 Å². The first-order valence-electron chi connectivity index (χ1n) is 10.7. The second-order valence-corrected chi connectivity index (χ2v) is 7.89. The van der Waals surface area contributed by atoms with Gasteiger partial charge in [0.2, 0.25) is 0 Å². The van der Waals surface area contributed by atoms with E-state index in [0.717, 1.165) is 47.2 Å². The molecule has 3 aromatic rings. The fraction of sp³-hybridized carbons (Fsp3) is 0.320. The van der Waals surface area contributed by atoms with Crippen molar-refractivity contribution in [3.8, 4) is 5.75 Å². The van der Waals surface area contributed by atoms with Crippen molar-refractivity contribution in [2.24, 2.45) is 5.73 Å². The lowest BCUT2D eigenvalue weighted by Gasteiger charge is -2.14. The molecule has 1 amide bonds. The molecule has 7 nitrogen and oxygen atoms in total. The highest BCUT2D eigenvalue weighted by Crippen LogP contribution is 2.42. The number of aryl methyl sites for hydroxylation is 2. The first kappa shape index (κ1) is 21.6. The lowest BCUT2D eigenvalue weighted by molar-refractivity contribution is -0.142. The summed E-state index contributed by atoms with van der Waals surface area (Å²) in [4.78, 5) is 36.8. The Hall–Kier alpha value is -3.61. The first-order chi connectivity index (χ1) is 15.5. The summed E-state index contributed by atoms with van der Waals surface area (Å²) < 4.78 is 12.7. The van der Waals surface area contributed by atoms with Gasteiger partial charge in [0.05, 0.1) is 23.6 Å². The van der Waals surface area contributed by atoms with Crippen molar-refractivity contribution in [1.82, 2.24) is 4.57 Å². The smallest absolute Gasteiger partial charge is 0.343 e. The Morgan fingerprint density at radius 1 is 1.12 bits per heavy atom. The maximum Gasteiger partial charge on any atom is 0.343 e. The van der Waals surface area contributed by atoms with Crippen molar-refractivity contribution in [3.05, 3.63) is 64.3 Å². The number of nitrogens with two attached hydrogens (primary N) is 1. The number of hydrogen-bond donors (Lipinski definition) is 1. The number of ether oxygens (including phenoxy) is 2. The highest BCUT2D eigenvalue weighted by Gasteiger charge is 2.31. The van der Waals surface area contributed by atoms with E-state index in [4.69, 9.17) is 15.2 Å². The van der Waals surface area contributed by atoms with E-state index >= 15 is 0 Å².